The minimum atomic E-state index is 0. The van der Waals surface area contributed by atoms with Crippen molar-refractivity contribution in [3.05, 3.63) is 42.0 Å². The van der Waals surface area contributed by atoms with E-state index in [1.807, 2.05) is 18.2 Å². The van der Waals surface area contributed by atoms with Crippen LogP contribution in [0.15, 0.2) is 36.4 Å². The van der Waals surface area contributed by atoms with Gasteiger partial charge in [-0.2, -0.15) is 0 Å². The number of benzene rings is 2. The van der Waals surface area contributed by atoms with Crippen molar-refractivity contribution in [3.63, 3.8) is 0 Å². The van der Waals surface area contributed by atoms with E-state index in [1.165, 1.54) is 10.9 Å². The number of unbranched alkanes of at least 4 members (excludes halogenated alkanes) is 1. The molecule has 0 unspecified atom stereocenters. The fraction of sp³-hybridized carbons (Fsp3) is 0.375. The lowest BCUT2D eigenvalue weighted by atomic mass is 9.95. The third-order valence-electron chi connectivity index (χ3n) is 3.51. The second kappa shape index (κ2) is 8.10. The van der Waals surface area contributed by atoms with Crippen LogP contribution in [0.1, 0.15) is 30.9 Å². The third-order valence-corrected chi connectivity index (χ3v) is 3.51. The van der Waals surface area contributed by atoms with Crippen molar-refractivity contribution in [2.24, 2.45) is 11.5 Å². The smallest absolute Gasteiger partial charge is 0.126 e. The fourth-order valence-electron chi connectivity index (χ4n) is 2.46. The Bertz CT molecular complexity index is 545. The van der Waals surface area contributed by atoms with Crippen LogP contribution in [0.4, 0.5) is 0 Å². The number of methoxy groups -OCH3 is 1. The van der Waals surface area contributed by atoms with Gasteiger partial charge in [0, 0.05) is 11.4 Å². The number of rotatable bonds is 6. The third kappa shape index (κ3) is 3.63. The second-order valence-corrected chi connectivity index (χ2v) is 4.79. The van der Waals surface area contributed by atoms with E-state index in [4.69, 9.17) is 16.2 Å². The Hall–Kier alpha value is -1.29. The van der Waals surface area contributed by atoms with Crippen LogP contribution in [0.25, 0.3) is 10.8 Å². The molecule has 0 aliphatic heterocycles. The lowest BCUT2D eigenvalue weighted by Crippen LogP contribution is -2.11. The van der Waals surface area contributed by atoms with Crippen LogP contribution in [-0.4, -0.2) is 13.7 Å². The molecule has 0 aliphatic carbocycles. The molecule has 0 aliphatic rings. The largest absolute Gasteiger partial charge is 0.496 e. The zero-order valence-electron chi connectivity index (χ0n) is 11.8. The molecule has 3 nitrogen and oxygen atoms in total. The number of hydrogen-bond donors (Lipinski definition) is 2. The van der Waals surface area contributed by atoms with Gasteiger partial charge >= 0.3 is 0 Å². The van der Waals surface area contributed by atoms with Gasteiger partial charge in [-0.1, -0.05) is 36.8 Å². The molecule has 0 saturated carbocycles. The van der Waals surface area contributed by atoms with E-state index < -0.39 is 0 Å². The number of halogens is 1. The molecule has 0 saturated heterocycles. The first-order chi connectivity index (χ1) is 9.27. The number of ether oxygens (including phenoxy) is 1. The molecule has 2 aromatic carbocycles. The standard InChI is InChI=1S/C16H22N2O.ClH/c1-19-16-10-9-13(15(18)8-4-5-11-17)12-6-2-3-7-14(12)16;/h2-3,6-7,9-10,15H,4-5,8,11,17-18H2,1H3;1H/t15-;/m0./s1. The minimum Gasteiger partial charge on any atom is -0.496 e. The quantitative estimate of drug-likeness (QED) is 0.803. The molecule has 0 bridgehead atoms. The fourth-order valence-corrected chi connectivity index (χ4v) is 2.46. The minimum absolute atomic E-state index is 0. The van der Waals surface area contributed by atoms with Crippen LogP contribution in [-0.2, 0) is 0 Å². The SMILES string of the molecule is COc1ccc([C@@H](N)CCCCN)c2ccccc12.Cl. The summed E-state index contributed by atoms with van der Waals surface area (Å²) >= 11 is 0. The first kappa shape index (κ1) is 16.8. The summed E-state index contributed by atoms with van der Waals surface area (Å²) in [7, 11) is 1.70. The summed E-state index contributed by atoms with van der Waals surface area (Å²) in [4.78, 5) is 0. The van der Waals surface area contributed by atoms with Gasteiger partial charge in [0.1, 0.15) is 5.75 Å². The van der Waals surface area contributed by atoms with E-state index in [9.17, 15) is 0 Å². The first-order valence-electron chi connectivity index (χ1n) is 6.79. The first-order valence-corrected chi connectivity index (χ1v) is 6.79. The summed E-state index contributed by atoms with van der Waals surface area (Å²) < 4.78 is 5.40. The summed E-state index contributed by atoms with van der Waals surface area (Å²) in [6.07, 6.45) is 3.06. The van der Waals surface area contributed by atoms with Crippen LogP contribution in [0.2, 0.25) is 0 Å². The molecule has 0 fully saturated rings. The van der Waals surface area contributed by atoms with Crippen LogP contribution in [0, 0.1) is 0 Å². The van der Waals surface area contributed by atoms with E-state index in [1.54, 1.807) is 7.11 Å². The average Bonchev–Trinajstić information content (AvgIpc) is 2.46. The highest BCUT2D eigenvalue weighted by molar-refractivity contribution is 5.91. The maximum absolute atomic E-state index is 6.31. The van der Waals surface area contributed by atoms with Crippen LogP contribution >= 0.6 is 12.4 Å². The van der Waals surface area contributed by atoms with Crippen molar-refractivity contribution < 1.29 is 4.74 Å². The Morgan fingerprint density at radius 1 is 1.05 bits per heavy atom. The maximum atomic E-state index is 6.31. The van der Waals surface area contributed by atoms with Crippen LogP contribution in [0.5, 0.6) is 5.75 Å². The lowest BCUT2D eigenvalue weighted by molar-refractivity contribution is 0.419. The predicted octanol–water partition coefficient (Wildman–Crippen LogP) is 3.40. The van der Waals surface area contributed by atoms with Gasteiger partial charge < -0.3 is 16.2 Å². The molecular weight excluding hydrogens is 272 g/mol. The Morgan fingerprint density at radius 3 is 2.40 bits per heavy atom. The van der Waals surface area contributed by atoms with Gasteiger partial charge in [0.25, 0.3) is 0 Å². The number of hydrogen-bond acceptors (Lipinski definition) is 3. The molecule has 0 amide bonds. The maximum Gasteiger partial charge on any atom is 0.126 e. The van der Waals surface area contributed by atoms with E-state index in [0.29, 0.717) is 0 Å². The monoisotopic (exact) mass is 294 g/mol. The number of nitrogens with two attached hydrogens (primary N) is 2. The Labute approximate surface area is 126 Å². The van der Waals surface area contributed by atoms with Crippen molar-refractivity contribution >= 4 is 23.2 Å². The molecule has 4 N–H and O–H groups in total. The van der Waals surface area contributed by atoms with Gasteiger partial charge in [-0.25, -0.2) is 0 Å². The number of fused-ring (bicyclic) bond motifs is 1. The van der Waals surface area contributed by atoms with Crippen molar-refractivity contribution in [1.29, 1.82) is 0 Å². The Kier molecular flexibility index (Phi) is 6.79. The van der Waals surface area contributed by atoms with Crippen LogP contribution < -0.4 is 16.2 Å². The zero-order valence-corrected chi connectivity index (χ0v) is 12.7. The average molecular weight is 295 g/mol. The van der Waals surface area contributed by atoms with Crippen molar-refractivity contribution in [1.82, 2.24) is 0 Å². The highest BCUT2D eigenvalue weighted by atomic mass is 35.5. The van der Waals surface area contributed by atoms with Gasteiger partial charge in [0.05, 0.1) is 7.11 Å². The molecular formula is C16H23ClN2O. The van der Waals surface area contributed by atoms with Gasteiger partial charge in [-0.05, 0) is 36.4 Å². The molecule has 0 heterocycles. The lowest BCUT2D eigenvalue weighted by Gasteiger charge is -2.16. The highest BCUT2D eigenvalue weighted by Gasteiger charge is 2.11. The van der Waals surface area contributed by atoms with Crippen molar-refractivity contribution in [2.75, 3.05) is 13.7 Å². The molecule has 1 atom stereocenters. The van der Waals surface area contributed by atoms with Gasteiger partial charge in [-0.15, -0.1) is 12.4 Å². The molecule has 0 radical (unpaired) electrons. The molecule has 20 heavy (non-hydrogen) atoms. The Morgan fingerprint density at radius 2 is 1.75 bits per heavy atom. The molecule has 0 spiro atoms. The summed E-state index contributed by atoms with van der Waals surface area (Å²) in [5.74, 6) is 0.897. The zero-order chi connectivity index (χ0) is 13.7. The van der Waals surface area contributed by atoms with E-state index in [0.717, 1.165) is 36.9 Å². The Balaban J connectivity index is 0.00000200. The van der Waals surface area contributed by atoms with E-state index in [-0.39, 0.29) is 18.4 Å². The van der Waals surface area contributed by atoms with Gasteiger partial charge in [-0.3, -0.25) is 0 Å². The summed E-state index contributed by atoms with van der Waals surface area (Å²) in [5.41, 5.74) is 13.0. The van der Waals surface area contributed by atoms with Crippen LogP contribution in [0.3, 0.4) is 0 Å². The molecule has 0 aromatic heterocycles. The topological polar surface area (TPSA) is 61.3 Å². The second-order valence-electron chi connectivity index (χ2n) is 4.79. The highest BCUT2D eigenvalue weighted by Crippen LogP contribution is 2.32. The molecule has 110 valence electrons. The molecule has 2 aromatic rings. The summed E-state index contributed by atoms with van der Waals surface area (Å²) in [5, 5.41) is 2.30. The normalized spacial score (nSPS) is 11.9. The van der Waals surface area contributed by atoms with Crippen molar-refractivity contribution in [3.8, 4) is 5.75 Å². The van der Waals surface area contributed by atoms with Crippen molar-refractivity contribution in [2.45, 2.75) is 25.3 Å². The van der Waals surface area contributed by atoms with Gasteiger partial charge in [0.15, 0.2) is 0 Å². The predicted molar refractivity (Wildman–Crippen MR) is 87.6 cm³/mol. The molecule has 2 rings (SSSR count). The van der Waals surface area contributed by atoms with E-state index in [2.05, 4.69) is 18.2 Å². The van der Waals surface area contributed by atoms with Gasteiger partial charge in [0.2, 0.25) is 0 Å². The summed E-state index contributed by atoms with van der Waals surface area (Å²) in [6, 6.07) is 12.4. The van der Waals surface area contributed by atoms with E-state index >= 15 is 0 Å². The molecule has 4 heteroatoms. The summed E-state index contributed by atoms with van der Waals surface area (Å²) in [6.45, 7) is 0.732.